The summed E-state index contributed by atoms with van der Waals surface area (Å²) >= 11 is 0. The Balaban J connectivity index is 1.99. The zero-order valence-corrected chi connectivity index (χ0v) is 12.8. The van der Waals surface area contributed by atoms with E-state index in [9.17, 15) is 0 Å². The molecule has 0 saturated carbocycles. The van der Waals surface area contributed by atoms with Crippen LogP contribution in [-0.4, -0.2) is 11.5 Å². The lowest BCUT2D eigenvalue weighted by Crippen LogP contribution is -2.21. The van der Waals surface area contributed by atoms with Crippen LogP contribution in [0.15, 0.2) is 71.8 Å². The van der Waals surface area contributed by atoms with E-state index in [1.165, 1.54) is 10.8 Å². The van der Waals surface area contributed by atoms with Crippen LogP contribution in [0, 0.1) is 16.7 Å². The summed E-state index contributed by atoms with van der Waals surface area (Å²) in [6, 6.07) is 23.9. The van der Waals surface area contributed by atoms with Gasteiger partial charge >= 0.3 is 0 Å². The maximum absolute atomic E-state index is 8.88. The maximum atomic E-state index is 8.88. The Kier molecular flexibility index (Phi) is 4.21. The molecule has 4 N–H and O–H groups in total. The molecule has 3 aromatic rings. The van der Waals surface area contributed by atoms with E-state index in [2.05, 4.69) is 34.8 Å². The van der Waals surface area contributed by atoms with Crippen LogP contribution in [0.1, 0.15) is 0 Å². The molecule has 116 valence electrons. The Morgan fingerprint density at radius 3 is 2.58 bits per heavy atom. The molecule has 0 atom stereocenters. The third-order valence-electron chi connectivity index (χ3n) is 3.62. The van der Waals surface area contributed by atoms with Crippen LogP contribution in [-0.2, 0) is 0 Å². The molecule has 5 nitrogen and oxygen atoms in total. The monoisotopic (exact) mass is 313 g/mol. The molecule has 0 radical (unpaired) electrons. The van der Waals surface area contributed by atoms with Gasteiger partial charge in [0.15, 0.2) is 5.84 Å². The molecule has 0 aliphatic rings. The van der Waals surface area contributed by atoms with Gasteiger partial charge in [-0.25, -0.2) is 0 Å². The van der Waals surface area contributed by atoms with Gasteiger partial charge in [0, 0.05) is 0 Å². The van der Waals surface area contributed by atoms with E-state index in [1.54, 1.807) is 6.07 Å². The number of benzene rings is 3. The summed E-state index contributed by atoms with van der Waals surface area (Å²) in [5.41, 5.74) is 10.8. The Hall–Kier alpha value is -3.65. The van der Waals surface area contributed by atoms with Gasteiger partial charge < -0.3 is 5.73 Å². The summed E-state index contributed by atoms with van der Waals surface area (Å²) in [4.78, 5) is 0. The first-order valence-corrected chi connectivity index (χ1v) is 7.35. The summed E-state index contributed by atoms with van der Waals surface area (Å²) < 4.78 is 0. The highest BCUT2D eigenvalue weighted by Crippen LogP contribution is 2.29. The number of hydrazone groups is 1. The van der Waals surface area contributed by atoms with Gasteiger partial charge in [-0.05, 0) is 34.0 Å². The molecule has 0 heterocycles. The molecular weight excluding hydrogens is 298 g/mol. The number of hydrogen-bond donors (Lipinski definition) is 3. The highest BCUT2D eigenvalue weighted by molar-refractivity contribution is 6.45. The number of hydrogen-bond acceptors (Lipinski definition) is 4. The Bertz CT molecular complexity index is 977. The zero-order chi connectivity index (χ0) is 16.9. The van der Waals surface area contributed by atoms with Gasteiger partial charge in [0.25, 0.3) is 0 Å². The van der Waals surface area contributed by atoms with Gasteiger partial charge in [0.1, 0.15) is 6.07 Å². The van der Waals surface area contributed by atoms with Gasteiger partial charge in [-0.3, -0.25) is 10.8 Å². The number of rotatable bonds is 4. The van der Waals surface area contributed by atoms with Crippen molar-refractivity contribution >= 4 is 28.0 Å². The molecule has 3 aromatic carbocycles. The number of nitrogens with zero attached hydrogens (tertiary/aromatic N) is 2. The molecule has 0 aliphatic carbocycles. The highest BCUT2D eigenvalue weighted by atomic mass is 15.3. The van der Waals surface area contributed by atoms with E-state index < -0.39 is 0 Å². The van der Waals surface area contributed by atoms with Crippen molar-refractivity contribution in [3.05, 3.63) is 66.7 Å². The van der Waals surface area contributed by atoms with Gasteiger partial charge in [-0.1, -0.05) is 54.6 Å². The highest BCUT2D eigenvalue weighted by Gasteiger charge is 2.05. The maximum Gasteiger partial charge on any atom is 0.201 e. The number of amidine groups is 1. The van der Waals surface area contributed by atoms with Crippen molar-refractivity contribution in [1.82, 2.24) is 0 Å². The molecule has 0 amide bonds. The van der Waals surface area contributed by atoms with Crippen LogP contribution in [0.3, 0.4) is 0 Å². The second-order valence-corrected chi connectivity index (χ2v) is 5.21. The Morgan fingerprint density at radius 2 is 1.79 bits per heavy atom. The minimum Gasteiger partial charge on any atom is -0.382 e. The fraction of sp³-hybridized carbons (Fsp3) is 0. The quantitative estimate of drug-likeness (QED) is 0.389. The van der Waals surface area contributed by atoms with Crippen LogP contribution in [0.25, 0.3) is 21.9 Å². The topological polar surface area (TPSA) is 98.0 Å². The first-order valence-electron chi connectivity index (χ1n) is 7.35. The van der Waals surface area contributed by atoms with E-state index in [1.807, 2.05) is 42.5 Å². The molecule has 0 aromatic heterocycles. The lowest BCUT2D eigenvalue weighted by molar-refractivity contribution is 1.33. The van der Waals surface area contributed by atoms with Gasteiger partial charge in [-0.15, -0.1) is 0 Å². The third-order valence-corrected chi connectivity index (χ3v) is 3.62. The predicted molar refractivity (Wildman–Crippen MR) is 98.0 cm³/mol. The van der Waals surface area contributed by atoms with Crippen molar-refractivity contribution in [2.45, 2.75) is 0 Å². The molecule has 0 fully saturated rings. The van der Waals surface area contributed by atoms with Crippen LogP contribution in [0.2, 0.25) is 0 Å². The Labute approximate surface area is 139 Å². The molecule has 0 unspecified atom stereocenters. The number of anilines is 1. The second kappa shape index (κ2) is 6.63. The minimum atomic E-state index is -0.366. The largest absolute Gasteiger partial charge is 0.382 e. The van der Waals surface area contributed by atoms with Crippen LogP contribution in [0.4, 0.5) is 5.69 Å². The normalized spacial score (nSPS) is 11.0. The number of nitriles is 1. The van der Waals surface area contributed by atoms with Crippen molar-refractivity contribution in [3.8, 4) is 17.2 Å². The van der Waals surface area contributed by atoms with Crippen molar-refractivity contribution in [3.63, 3.8) is 0 Å². The van der Waals surface area contributed by atoms with Crippen molar-refractivity contribution in [1.29, 1.82) is 10.7 Å². The van der Waals surface area contributed by atoms with Gasteiger partial charge in [0.2, 0.25) is 5.71 Å². The summed E-state index contributed by atoms with van der Waals surface area (Å²) in [5, 5.41) is 22.4. The number of fused-ring (bicyclic) bond motifs is 1. The fourth-order valence-corrected chi connectivity index (χ4v) is 2.50. The molecule has 0 bridgehead atoms. The third kappa shape index (κ3) is 3.08. The summed E-state index contributed by atoms with van der Waals surface area (Å²) in [7, 11) is 0. The van der Waals surface area contributed by atoms with Crippen molar-refractivity contribution in [2.75, 3.05) is 5.43 Å². The molecule has 24 heavy (non-hydrogen) atoms. The first kappa shape index (κ1) is 15.3. The van der Waals surface area contributed by atoms with E-state index in [4.69, 9.17) is 16.4 Å². The summed E-state index contributed by atoms with van der Waals surface area (Å²) in [5.74, 6) is -0.366. The molecule has 3 rings (SSSR count). The second-order valence-electron chi connectivity index (χ2n) is 5.21. The molecule has 0 saturated heterocycles. The van der Waals surface area contributed by atoms with Crippen molar-refractivity contribution < 1.29 is 0 Å². The van der Waals surface area contributed by atoms with Crippen LogP contribution < -0.4 is 11.2 Å². The lowest BCUT2D eigenvalue weighted by atomic mass is 9.98. The van der Waals surface area contributed by atoms with E-state index in [-0.39, 0.29) is 11.5 Å². The average molecular weight is 313 g/mol. The van der Waals surface area contributed by atoms with E-state index in [0.717, 1.165) is 16.8 Å². The molecule has 5 heteroatoms. The van der Waals surface area contributed by atoms with Crippen molar-refractivity contribution in [2.24, 2.45) is 10.8 Å². The summed E-state index contributed by atoms with van der Waals surface area (Å²) in [6.07, 6.45) is 0. The average Bonchev–Trinajstić information content (AvgIpc) is 2.62. The number of nitrogens with two attached hydrogens (primary N) is 1. The van der Waals surface area contributed by atoms with Gasteiger partial charge in [0.05, 0.1) is 5.69 Å². The van der Waals surface area contributed by atoms with Gasteiger partial charge in [-0.2, -0.15) is 10.4 Å². The number of nitrogens with one attached hydrogen (secondary N) is 2. The SMILES string of the molecule is N#C/C(=N\Nc1cccc(-c2cccc3ccccc23)c1)C(=N)N. The van der Waals surface area contributed by atoms with Crippen LogP contribution >= 0.6 is 0 Å². The predicted octanol–water partition coefficient (Wildman–Crippen LogP) is 3.73. The van der Waals surface area contributed by atoms with E-state index in [0.29, 0.717) is 0 Å². The molecule has 0 spiro atoms. The lowest BCUT2D eigenvalue weighted by Gasteiger charge is -2.09. The van der Waals surface area contributed by atoms with E-state index >= 15 is 0 Å². The fourth-order valence-electron chi connectivity index (χ4n) is 2.50. The molecule has 0 aliphatic heterocycles. The van der Waals surface area contributed by atoms with Crippen LogP contribution in [0.5, 0.6) is 0 Å². The molecular formula is C19H15N5. The first-order chi connectivity index (χ1) is 11.7. The smallest absolute Gasteiger partial charge is 0.201 e. The minimum absolute atomic E-state index is 0.148. The standard InChI is InChI=1S/C19H15N5/c20-12-18(19(21)22)24-23-15-8-3-7-14(11-15)17-10-4-6-13-5-1-2-9-16(13)17/h1-11,23H,(H3,21,22)/b24-18+. The zero-order valence-electron chi connectivity index (χ0n) is 12.8. The summed E-state index contributed by atoms with van der Waals surface area (Å²) in [6.45, 7) is 0. The Morgan fingerprint density at radius 1 is 1.04 bits per heavy atom.